The maximum atomic E-state index is 2.62. The Bertz CT molecular complexity index is 174. The van der Waals surface area contributed by atoms with Crippen LogP contribution in [0.4, 0.5) is 0 Å². The van der Waals surface area contributed by atoms with Gasteiger partial charge in [0.05, 0.1) is 8.07 Å². The lowest BCUT2D eigenvalue weighted by Crippen LogP contribution is -2.43. The summed E-state index contributed by atoms with van der Waals surface area (Å²) in [5.74, 6) is 0. The van der Waals surface area contributed by atoms with Gasteiger partial charge in [0.2, 0.25) is 0 Å². The van der Waals surface area contributed by atoms with Crippen LogP contribution in [0.2, 0.25) is 24.2 Å². The lowest BCUT2D eigenvalue weighted by atomic mass is 9.95. The summed E-state index contributed by atoms with van der Waals surface area (Å²) < 4.78 is 0. The smallest absolute Gasteiger partial charge is 0.0533 e. The Balaban J connectivity index is 2.51. The standard InChI is InChI=1S/C13H28Si/c1-5-6-7-10-13(2)11-8-9-12-14(13,3)4/h5-12H2,1-4H3. The molecule has 84 valence electrons. The fraction of sp³-hybridized carbons (Fsp3) is 1.00. The van der Waals surface area contributed by atoms with E-state index in [4.69, 9.17) is 0 Å². The van der Waals surface area contributed by atoms with Crippen molar-refractivity contribution in [3.8, 4) is 0 Å². The summed E-state index contributed by atoms with van der Waals surface area (Å²) in [5, 5.41) is 0.764. The molecule has 1 saturated heterocycles. The largest absolute Gasteiger partial charge is 0.0690 e. The lowest BCUT2D eigenvalue weighted by Gasteiger charge is -2.47. The topological polar surface area (TPSA) is 0 Å². The van der Waals surface area contributed by atoms with Gasteiger partial charge in [-0.3, -0.25) is 0 Å². The van der Waals surface area contributed by atoms with E-state index < -0.39 is 8.07 Å². The van der Waals surface area contributed by atoms with Gasteiger partial charge in [0, 0.05) is 0 Å². The minimum Gasteiger partial charge on any atom is -0.0690 e. The molecule has 0 aromatic rings. The molecular weight excluding hydrogens is 184 g/mol. The Morgan fingerprint density at radius 2 is 1.86 bits per heavy atom. The van der Waals surface area contributed by atoms with Crippen molar-refractivity contribution in [2.75, 3.05) is 0 Å². The van der Waals surface area contributed by atoms with Crippen molar-refractivity contribution < 1.29 is 0 Å². The summed E-state index contributed by atoms with van der Waals surface area (Å²) >= 11 is 0. The fourth-order valence-corrected chi connectivity index (χ4v) is 6.40. The average Bonchev–Trinajstić information content (AvgIpc) is 2.11. The van der Waals surface area contributed by atoms with Gasteiger partial charge in [0.15, 0.2) is 0 Å². The van der Waals surface area contributed by atoms with Crippen LogP contribution in [0, 0.1) is 0 Å². The van der Waals surface area contributed by atoms with Gasteiger partial charge in [-0.05, 0) is 5.04 Å². The molecule has 0 radical (unpaired) electrons. The Labute approximate surface area is 91.5 Å². The van der Waals surface area contributed by atoms with Crippen molar-refractivity contribution in [3.63, 3.8) is 0 Å². The van der Waals surface area contributed by atoms with E-state index in [9.17, 15) is 0 Å². The second kappa shape index (κ2) is 4.83. The first-order valence-electron chi connectivity index (χ1n) is 6.52. The minimum atomic E-state index is -0.894. The molecule has 0 saturated carbocycles. The summed E-state index contributed by atoms with van der Waals surface area (Å²) in [7, 11) is -0.894. The monoisotopic (exact) mass is 212 g/mol. The molecule has 1 heterocycles. The molecule has 0 aliphatic carbocycles. The zero-order chi connectivity index (χ0) is 10.7. The third-order valence-corrected chi connectivity index (χ3v) is 10.1. The highest BCUT2D eigenvalue weighted by molar-refractivity contribution is 6.80. The predicted octanol–water partition coefficient (Wildman–Crippen LogP) is 5.22. The Kier molecular flexibility index (Phi) is 4.24. The second-order valence-electron chi connectivity index (χ2n) is 6.11. The van der Waals surface area contributed by atoms with Gasteiger partial charge in [-0.2, -0.15) is 0 Å². The molecular formula is C13H28Si. The maximum Gasteiger partial charge on any atom is 0.0533 e. The fourth-order valence-electron chi connectivity index (χ4n) is 2.95. The molecule has 0 spiro atoms. The molecule has 1 rings (SSSR count). The SMILES string of the molecule is CCCCCC1(C)CCCC[Si]1(C)C. The molecule has 0 bridgehead atoms. The normalized spacial score (nSPS) is 31.7. The molecule has 14 heavy (non-hydrogen) atoms. The molecule has 1 aliphatic rings. The van der Waals surface area contributed by atoms with Crippen molar-refractivity contribution >= 4 is 8.07 Å². The van der Waals surface area contributed by atoms with Crippen molar-refractivity contribution in [2.24, 2.45) is 0 Å². The van der Waals surface area contributed by atoms with Crippen LogP contribution in [-0.4, -0.2) is 8.07 Å². The van der Waals surface area contributed by atoms with E-state index >= 15 is 0 Å². The van der Waals surface area contributed by atoms with E-state index in [1.165, 1.54) is 44.9 Å². The highest BCUT2D eigenvalue weighted by atomic mass is 28.3. The number of hydrogen-bond donors (Lipinski definition) is 0. The summed E-state index contributed by atoms with van der Waals surface area (Å²) in [6.07, 6.45) is 10.3. The maximum absolute atomic E-state index is 2.62. The average molecular weight is 212 g/mol. The van der Waals surface area contributed by atoms with Crippen LogP contribution in [-0.2, 0) is 0 Å². The van der Waals surface area contributed by atoms with E-state index in [1.54, 1.807) is 6.04 Å². The number of unbranched alkanes of at least 4 members (excludes halogenated alkanes) is 2. The first kappa shape index (κ1) is 12.3. The van der Waals surface area contributed by atoms with Crippen molar-refractivity contribution in [1.82, 2.24) is 0 Å². The van der Waals surface area contributed by atoms with Crippen LogP contribution in [0.3, 0.4) is 0 Å². The highest BCUT2D eigenvalue weighted by Crippen LogP contribution is 2.52. The summed E-state index contributed by atoms with van der Waals surface area (Å²) in [6, 6.07) is 1.58. The Morgan fingerprint density at radius 3 is 2.43 bits per heavy atom. The Hall–Kier alpha value is 0.217. The van der Waals surface area contributed by atoms with Crippen LogP contribution >= 0.6 is 0 Å². The predicted molar refractivity (Wildman–Crippen MR) is 68.6 cm³/mol. The summed E-state index contributed by atoms with van der Waals surface area (Å²) in [4.78, 5) is 0. The quantitative estimate of drug-likeness (QED) is 0.443. The van der Waals surface area contributed by atoms with Gasteiger partial charge in [0.25, 0.3) is 0 Å². The summed E-state index contributed by atoms with van der Waals surface area (Å²) in [6.45, 7) is 10.1. The second-order valence-corrected chi connectivity index (χ2v) is 11.6. The number of hydrogen-bond acceptors (Lipinski definition) is 0. The molecule has 1 atom stereocenters. The van der Waals surface area contributed by atoms with Crippen LogP contribution in [0.1, 0.15) is 58.8 Å². The van der Waals surface area contributed by atoms with E-state index in [0.717, 1.165) is 5.04 Å². The molecule has 1 aliphatic heterocycles. The van der Waals surface area contributed by atoms with E-state index in [2.05, 4.69) is 26.9 Å². The first-order chi connectivity index (χ1) is 6.52. The van der Waals surface area contributed by atoms with Gasteiger partial charge in [-0.1, -0.05) is 77.9 Å². The molecule has 1 fully saturated rings. The zero-order valence-electron chi connectivity index (χ0n) is 10.7. The Morgan fingerprint density at radius 1 is 1.14 bits per heavy atom. The van der Waals surface area contributed by atoms with Gasteiger partial charge >= 0.3 is 0 Å². The molecule has 0 aromatic heterocycles. The minimum absolute atomic E-state index is 0.764. The molecule has 0 nitrogen and oxygen atoms in total. The highest BCUT2D eigenvalue weighted by Gasteiger charge is 2.43. The summed E-state index contributed by atoms with van der Waals surface area (Å²) in [5.41, 5.74) is 0. The van der Waals surface area contributed by atoms with Crippen LogP contribution < -0.4 is 0 Å². The van der Waals surface area contributed by atoms with Gasteiger partial charge in [0.1, 0.15) is 0 Å². The van der Waals surface area contributed by atoms with E-state index in [-0.39, 0.29) is 0 Å². The van der Waals surface area contributed by atoms with Crippen LogP contribution in [0.15, 0.2) is 0 Å². The van der Waals surface area contributed by atoms with Crippen molar-refractivity contribution in [3.05, 3.63) is 0 Å². The molecule has 0 amide bonds. The first-order valence-corrected chi connectivity index (χ1v) is 9.72. The molecule has 1 unspecified atom stereocenters. The van der Waals surface area contributed by atoms with Gasteiger partial charge in [-0.15, -0.1) is 0 Å². The third-order valence-electron chi connectivity index (χ3n) is 4.75. The van der Waals surface area contributed by atoms with Crippen LogP contribution in [0.25, 0.3) is 0 Å². The van der Waals surface area contributed by atoms with Crippen molar-refractivity contribution in [1.29, 1.82) is 0 Å². The number of rotatable bonds is 4. The molecule has 0 N–H and O–H groups in total. The van der Waals surface area contributed by atoms with E-state index in [0.29, 0.717) is 0 Å². The third kappa shape index (κ3) is 2.62. The van der Waals surface area contributed by atoms with Gasteiger partial charge in [-0.25, -0.2) is 0 Å². The molecule has 1 heteroatoms. The lowest BCUT2D eigenvalue weighted by molar-refractivity contribution is 0.426. The molecule has 0 aromatic carbocycles. The van der Waals surface area contributed by atoms with E-state index in [1.807, 2.05) is 0 Å². The zero-order valence-corrected chi connectivity index (χ0v) is 11.7. The van der Waals surface area contributed by atoms with Crippen LogP contribution in [0.5, 0.6) is 0 Å². The van der Waals surface area contributed by atoms with Gasteiger partial charge < -0.3 is 0 Å². The van der Waals surface area contributed by atoms with Crippen molar-refractivity contribution in [2.45, 2.75) is 83.0 Å².